The Bertz CT molecular complexity index is 1180. The first kappa shape index (κ1) is 17.8. The molecular weight excluding hydrogens is 384 g/mol. The van der Waals surface area contributed by atoms with Gasteiger partial charge in [0.1, 0.15) is 6.54 Å². The van der Waals surface area contributed by atoms with Crippen LogP contribution in [0.1, 0.15) is 11.1 Å². The van der Waals surface area contributed by atoms with E-state index in [0.29, 0.717) is 21.8 Å². The van der Waals surface area contributed by atoms with Gasteiger partial charge in [-0.25, -0.2) is 8.42 Å². The lowest BCUT2D eigenvalue weighted by Crippen LogP contribution is -2.35. The first-order valence-corrected chi connectivity index (χ1v) is 10.2. The van der Waals surface area contributed by atoms with Crippen molar-refractivity contribution in [3.05, 3.63) is 64.7 Å². The van der Waals surface area contributed by atoms with Crippen molar-refractivity contribution in [1.82, 2.24) is 0 Å². The van der Waals surface area contributed by atoms with Crippen LogP contribution in [0.4, 0.5) is 11.4 Å². The second kappa shape index (κ2) is 6.25. The smallest absolute Gasteiger partial charge is 0.265 e. The standard InChI is InChI=1S/C20H17ClN2O3S/c1-12-9-13(2)20(15(21)10-12)22-18(24)11-23-16-7-3-5-14-6-4-8-17(19(14)16)27(23,25)26/h3-10H,11H2,1-2H3,(H,22,24). The number of aryl methyl sites for hydroxylation is 2. The number of rotatable bonds is 3. The van der Waals surface area contributed by atoms with Gasteiger partial charge < -0.3 is 5.32 Å². The van der Waals surface area contributed by atoms with Crippen LogP contribution in [0.5, 0.6) is 0 Å². The van der Waals surface area contributed by atoms with E-state index in [2.05, 4.69) is 5.32 Å². The normalized spacial score (nSPS) is 14.6. The van der Waals surface area contributed by atoms with Crippen molar-refractivity contribution in [2.75, 3.05) is 16.2 Å². The lowest BCUT2D eigenvalue weighted by Gasteiger charge is -2.19. The number of benzene rings is 3. The number of hydrogen-bond donors (Lipinski definition) is 1. The maximum absolute atomic E-state index is 13.0. The summed E-state index contributed by atoms with van der Waals surface area (Å²) in [6, 6.07) is 14.2. The third-order valence-corrected chi connectivity index (χ3v) is 6.76. The molecule has 0 fully saturated rings. The van der Waals surface area contributed by atoms with Crippen LogP contribution in [0, 0.1) is 13.8 Å². The van der Waals surface area contributed by atoms with Crippen LogP contribution in [0.2, 0.25) is 5.02 Å². The first-order chi connectivity index (χ1) is 12.8. The second-order valence-corrected chi connectivity index (χ2v) is 8.87. The van der Waals surface area contributed by atoms with E-state index in [4.69, 9.17) is 11.6 Å². The Balaban J connectivity index is 1.68. The number of amides is 1. The fourth-order valence-corrected chi connectivity index (χ4v) is 5.55. The molecule has 0 saturated carbocycles. The molecule has 0 bridgehead atoms. The molecule has 1 N–H and O–H groups in total. The topological polar surface area (TPSA) is 66.5 Å². The summed E-state index contributed by atoms with van der Waals surface area (Å²) in [5.41, 5.74) is 2.83. The van der Waals surface area contributed by atoms with E-state index in [1.807, 2.05) is 32.0 Å². The van der Waals surface area contributed by atoms with Crippen LogP contribution in [-0.2, 0) is 14.8 Å². The summed E-state index contributed by atoms with van der Waals surface area (Å²) in [7, 11) is -3.77. The maximum atomic E-state index is 13.0. The van der Waals surface area contributed by atoms with E-state index in [1.54, 1.807) is 30.3 Å². The largest absolute Gasteiger partial charge is 0.323 e. The van der Waals surface area contributed by atoms with Crippen LogP contribution < -0.4 is 9.62 Å². The van der Waals surface area contributed by atoms with Crippen LogP contribution >= 0.6 is 11.6 Å². The van der Waals surface area contributed by atoms with Crippen LogP contribution in [0.3, 0.4) is 0 Å². The van der Waals surface area contributed by atoms with E-state index in [9.17, 15) is 13.2 Å². The lowest BCUT2D eigenvalue weighted by molar-refractivity contribution is -0.114. The van der Waals surface area contributed by atoms with Crippen molar-refractivity contribution in [3.8, 4) is 0 Å². The highest BCUT2D eigenvalue weighted by molar-refractivity contribution is 7.93. The minimum atomic E-state index is -3.77. The summed E-state index contributed by atoms with van der Waals surface area (Å²) in [6.45, 7) is 3.44. The monoisotopic (exact) mass is 400 g/mol. The Labute approximate surface area is 162 Å². The van der Waals surface area contributed by atoms with Gasteiger partial charge in [0, 0.05) is 5.39 Å². The third-order valence-electron chi connectivity index (χ3n) is 4.66. The predicted octanol–water partition coefficient (Wildman–Crippen LogP) is 4.26. The Kier molecular flexibility index (Phi) is 4.13. The number of halogens is 1. The molecule has 1 amide bonds. The van der Waals surface area contributed by atoms with Crippen LogP contribution in [0.15, 0.2) is 53.4 Å². The molecule has 27 heavy (non-hydrogen) atoms. The summed E-state index contributed by atoms with van der Waals surface area (Å²) >= 11 is 6.24. The molecule has 0 aliphatic carbocycles. The molecule has 3 aromatic carbocycles. The maximum Gasteiger partial charge on any atom is 0.265 e. The fraction of sp³-hybridized carbons (Fsp3) is 0.150. The molecule has 4 rings (SSSR count). The number of sulfonamides is 1. The first-order valence-electron chi connectivity index (χ1n) is 8.40. The Morgan fingerprint density at radius 1 is 1.11 bits per heavy atom. The molecule has 0 unspecified atom stereocenters. The lowest BCUT2D eigenvalue weighted by atomic mass is 10.1. The van der Waals surface area contributed by atoms with Gasteiger partial charge >= 0.3 is 0 Å². The summed E-state index contributed by atoms with van der Waals surface area (Å²) < 4.78 is 27.1. The Hall–Kier alpha value is -2.57. The zero-order chi connectivity index (χ0) is 19.3. The van der Waals surface area contributed by atoms with Gasteiger partial charge in [-0.3, -0.25) is 9.10 Å². The van der Waals surface area contributed by atoms with Gasteiger partial charge in [-0.15, -0.1) is 0 Å². The number of nitrogens with one attached hydrogen (secondary N) is 1. The van der Waals surface area contributed by atoms with E-state index < -0.39 is 15.9 Å². The molecule has 0 spiro atoms. The molecule has 1 aliphatic heterocycles. The van der Waals surface area contributed by atoms with E-state index in [1.165, 1.54) is 0 Å². The van der Waals surface area contributed by atoms with Crippen LogP contribution in [-0.4, -0.2) is 20.9 Å². The van der Waals surface area contributed by atoms with Crippen molar-refractivity contribution in [2.24, 2.45) is 0 Å². The average Bonchev–Trinajstić information content (AvgIpc) is 2.82. The van der Waals surface area contributed by atoms with Crippen LogP contribution in [0.25, 0.3) is 10.8 Å². The fourth-order valence-electron chi connectivity index (χ4n) is 3.51. The van der Waals surface area contributed by atoms with Crippen molar-refractivity contribution in [1.29, 1.82) is 0 Å². The van der Waals surface area contributed by atoms with Crippen molar-refractivity contribution >= 4 is 49.7 Å². The minimum Gasteiger partial charge on any atom is -0.323 e. The highest BCUT2D eigenvalue weighted by Crippen LogP contribution is 2.41. The van der Waals surface area contributed by atoms with E-state index in [0.717, 1.165) is 20.8 Å². The zero-order valence-electron chi connectivity index (χ0n) is 14.8. The van der Waals surface area contributed by atoms with Gasteiger partial charge in [0.05, 0.1) is 21.3 Å². The van der Waals surface area contributed by atoms with Gasteiger partial charge in [0.2, 0.25) is 5.91 Å². The second-order valence-electron chi connectivity index (χ2n) is 6.63. The summed E-state index contributed by atoms with van der Waals surface area (Å²) in [5, 5.41) is 4.66. The van der Waals surface area contributed by atoms with Gasteiger partial charge in [-0.1, -0.05) is 41.9 Å². The van der Waals surface area contributed by atoms with Crippen molar-refractivity contribution < 1.29 is 13.2 Å². The highest BCUT2D eigenvalue weighted by atomic mass is 35.5. The number of carbonyl (C=O) groups is 1. The molecule has 0 saturated heterocycles. The van der Waals surface area contributed by atoms with E-state index >= 15 is 0 Å². The summed E-state index contributed by atoms with van der Waals surface area (Å²) in [6.07, 6.45) is 0. The third kappa shape index (κ3) is 2.85. The van der Waals surface area contributed by atoms with Gasteiger partial charge in [0.25, 0.3) is 10.0 Å². The molecule has 0 aromatic heterocycles. The van der Waals surface area contributed by atoms with Gasteiger partial charge in [-0.05, 0) is 48.6 Å². The van der Waals surface area contributed by atoms with E-state index in [-0.39, 0.29) is 11.4 Å². The molecule has 3 aromatic rings. The van der Waals surface area contributed by atoms with Crippen molar-refractivity contribution in [2.45, 2.75) is 18.7 Å². The number of hydrogen-bond acceptors (Lipinski definition) is 3. The zero-order valence-corrected chi connectivity index (χ0v) is 16.4. The number of anilines is 2. The minimum absolute atomic E-state index is 0.230. The molecule has 1 aliphatic rings. The molecular formula is C20H17ClN2O3S. The molecule has 7 heteroatoms. The average molecular weight is 401 g/mol. The van der Waals surface area contributed by atoms with Gasteiger partial charge in [0.15, 0.2) is 0 Å². The molecule has 1 heterocycles. The number of carbonyl (C=O) groups excluding carboxylic acids is 1. The molecule has 0 radical (unpaired) electrons. The Morgan fingerprint density at radius 2 is 1.81 bits per heavy atom. The highest BCUT2D eigenvalue weighted by Gasteiger charge is 2.36. The number of nitrogens with zero attached hydrogens (tertiary/aromatic N) is 1. The van der Waals surface area contributed by atoms with Gasteiger partial charge in [-0.2, -0.15) is 0 Å². The summed E-state index contributed by atoms with van der Waals surface area (Å²) in [4.78, 5) is 12.9. The van der Waals surface area contributed by atoms with Crippen molar-refractivity contribution in [3.63, 3.8) is 0 Å². The Morgan fingerprint density at radius 3 is 2.52 bits per heavy atom. The SMILES string of the molecule is Cc1cc(C)c(NC(=O)CN2c3cccc4cccc(c34)S2(=O)=O)c(Cl)c1. The molecule has 138 valence electrons. The molecule has 0 atom stereocenters. The molecule has 5 nitrogen and oxygen atoms in total. The predicted molar refractivity (Wildman–Crippen MR) is 108 cm³/mol. The quantitative estimate of drug-likeness (QED) is 0.714. The summed E-state index contributed by atoms with van der Waals surface area (Å²) in [5.74, 6) is -0.447.